The second-order valence-corrected chi connectivity index (χ2v) is 37.8. The maximum atomic E-state index is 7.01. The Morgan fingerprint density at radius 3 is 0.868 bits per heavy atom. The molecule has 0 N–H and O–H groups in total. The van der Waals surface area contributed by atoms with Crippen LogP contribution in [0.4, 0.5) is 0 Å². The van der Waals surface area contributed by atoms with Gasteiger partial charge in [0.15, 0.2) is 0 Å². The van der Waals surface area contributed by atoms with E-state index in [0.717, 1.165) is 196 Å². The van der Waals surface area contributed by atoms with E-state index in [1.54, 1.807) is 0 Å². The minimum atomic E-state index is -0.0380. The highest BCUT2D eigenvalue weighted by Crippen LogP contribution is 2.49. The molecule has 0 unspecified atom stereocenters. The first-order valence-electron chi connectivity index (χ1n) is 49.2. The monoisotopic (exact) mass is 1840 g/mol. The van der Waals surface area contributed by atoms with Crippen molar-refractivity contribution in [1.82, 2.24) is 13.7 Å². The lowest BCUT2D eigenvalue weighted by Crippen LogP contribution is -2.57. The number of hydrogen-bond acceptors (Lipinski definition) is 6. The van der Waals surface area contributed by atoms with Crippen molar-refractivity contribution in [2.24, 2.45) is 0 Å². The van der Waals surface area contributed by atoms with Gasteiger partial charge < -0.3 is 42.1 Å². The van der Waals surface area contributed by atoms with Crippen LogP contribution < -0.4 is 77.6 Å². The number of ether oxygens (including phenoxy) is 6. The molecule has 0 bridgehead atoms. The largest absolute Gasteiger partial charge is 0.458 e. The minimum Gasteiger partial charge on any atom is -0.458 e. The lowest BCUT2D eigenvalue weighted by atomic mass is 9.34. The summed E-state index contributed by atoms with van der Waals surface area (Å²) in [5.74, 6) is 10.4. The maximum Gasteiger partial charge on any atom is 0.260 e. The Morgan fingerprint density at radius 2 is 0.410 bits per heavy atom. The summed E-state index contributed by atoms with van der Waals surface area (Å²) in [7, 11) is 0. The van der Waals surface area contributed by atoms with E-state index in [4.69, 9.17) is 28.4 Å². The summed E-state index contributed by atoms with van der Waals surface area (Å²) in [6.07, 6.45) is 0. The molecule has 25 aromatic rings. The Kier molecular flexibility index (Phi) is 19.2. The number of fused-ring (bicyclic) bond motifs is 21. The topological polar surface area (TPSA) is 70.2 Å². The zero-order valence-corrected chi connectivity index (χ0v) is 77.9. The van der Waals surface area contributed by atoms with E-state index in [2.05, 4.69) is 487 Å². The van der Waals surface area contributed by atoms with Crippen molar-refractivity contribution in [3.63, 3.8) is 0 Å². The van der Waals surface area contributed by atoms with Gasteiger partial charge in [0.1, 0.15) is 69.0 Å². The van der Waals surface area contributed by atoms with Gasteiger partial charge in [-0.1, -0.05) is 364 Å². The lowest BCUT2D eigenvalue weighted by Gasteiger charge is -2.34. The fraction of sp³-hybridized carbons (Fsp3) is 0. The molecular formula is C132H82B3N3O6. The molecule has 0 aliphatic carbocycles. The van der Waals surface area contributed by atoms with Gasteiger partial charge in [0.05, 0.1) is 33.1 Å². The zero-order chi connectivity index (χ0) is 94.6. The predicted molar refractivity (Wildman–Crippen MR) is 593 cm³/mol. The molecule has 0 saturated heterocycles. The highest BCUT2D eigenvalue weighted by Gasteiger charge is 2.45. The summed E-state index contributed by atoms with van der Waals surface area (Å²) in [5.41, 5.74) is 36.4. The highest BCUT2D eigenvalue weighted by molar-refractivity contribution is 7.00. The highest BCUT2D eigenvalue weighted by atomic mass is 16.5. The smallest absolute Gasteiger partial charge is 0.260 e. The molecule has 0 fully saturated rings. The van der Waals surface area contributed by atoms with Gasteiger partial charge in [-0.3, -0.25) is 0 Å². The van der Waals surface area contributed by atoms with Gasteiger partial charge in [0.25, 0.3) is 20.1 Å². The number of aromatic nitrogens is 3. The summed E-state index contributed by atoms with van der Waals surface area (Å²) in [6, 6.07) is 176. The molecule has 31 rings (SSSR count). The first kappa shape index (κ1) is 82.3. The zero-order valence-electron chi connectivity index (χ0n) is 77.9. The fourth-order valence-electron chi connectivity index (χ4n) is 23.3. The van der Waals surface area contributed by atoms with Gasteiger partial charge in [-0.15, -0.1) is 0 Å². The van der Waals surface area contributed by atoms with E-state index in [9.17, 15) is 0 Å². The third kappa shape index (κ3) is 13.4. The van der Waals surface area contributed by atoms with Crippen LogP contribution >= 0.6 is 0 Å². The quantitative estimate of drug-likeness (QED) is 0.127. The number of para-hydroxylation sites is 9. The predicted octanol–water partition coefficient (Wildman–Crippen LogP) is 28.2. The van der Waals surface area contributed by atoms with E-state index >= 15 is 0 Å². The first-order valence-corrected chi connectivity index (χ1v) is 49.2. The summed E-state index contributed by atoms with van der Waals surface area (Å²) >= 11 is 0. The van der Waals surface area contributed by atoms with Crippen LogP contribution in [0.3, 0.4) is 0 Å². The average Bonchev–Trinajstić information content (AvgIpc) is 0.834. The molecule has 22 aromatic carbocycles. The Labute approximate surface area is 832 Å². The van der Waals surface area contributed by atoms with Crippen molar-refractivity contribution >= 4 is 135 Å². The summed E-state index contributed by atoms with van der Waals surface area (Å²) in [5, 5.41) is 7.56. The number of nitrogens with zero attached hydrogens (tertiary/aromatic N) is 3. The van der Waals surface area contributed by atoms with Crippen molar-refractivity contribution < 1.29 is 28.4 Å². The van der Waals surface area contributed by atoms with Crippen LogP contribution in [0.25, 0.3) is 160 Å². The van der Waals surface area contributed by atoms with E-state index in [0.29, 0.717) is 0 Å². The Morgan fingerprint density at radius 1 is 0.139 bits per heavy atom. The standard InChI is InChI=1S/C48H30BNO2.2C42H26BNO2/c1-3-11-31(12-4-1)34-21-26-40-45(29-34)51-44-28-25-37(48-47(44)49(40)41-27-22-35(30-46(41)52-48)32-13-5-2-6-14-32)33-19-23-36(24-20-33)50-42-17-9-7-15-38(42)39-16-8-10-18-43(39)50;1-2-11-27(12-3-1)29-25-39-41-40(26-29)46-42-31(15-10-17-35(42)43(41)34-16-6-9-20-38(34)45-39)28-21-23-30(24-22-28)44-36-18-7-4-13-32(36)33-14-5-8-19-37(33)44;1-2-10-27(11-3-1)29-22-25-38-35(26-29)43-34-15-8-14-31(42(34)46-40-19-9-18-39(45-38)41(40)43)28-20-23-30(24-21-28)44-36-16-6-4-12-32(36)33-13-5-7-17-37(33)44/h1-30H;2*1-26H. The molecule has 6 aliphatic rings. The van der Waals surface area contributed by atoms with Crippen LogP contribution in [0.5, 0.6) is 69.0 Å². The Hall–Kier alpha value is -18.8. The van der Waals surface area contributed by atoms with Gasteiger partial charge in [-0.25, -0.2) is 0 Å². The van der Waals surface area contributed by atoms with Crippen LogP contribution in [0, 0.1) is 0 Å². The number of benzene rings is 22. The number of rotatable bonds is 10. The van der Waals surface area contributed by atoms with Gasteiger partial charge in [-0.2, -0.15) is 0 Å². The van der Waals surface area contributed by atoms with E-state index in [-0.39, 0.29) is 20.1 Å². The summed E-state index contributed by atoms with van der Waals surface area (Å²) in [6.45, 7) is -0.0245. The Bertz CT molecular complexity index is 9370. The molecule has 670 valence electrons. The van der Waals surface area contributed by atoms with E-state index in [1.165, 1.54) is 82.1 Å². The van der Waals surface area contributed by atoms with Crippen LogP contribution in [0.2, 0.25) is 0 Å². The van der Waals surface area contributed by atoms with Gasteiger partial charge in [0, 0.05) is 82.5 Å². The third-order valence-corrected chi connectivity index (χ3v) is 29.8. The molecule has 6 aliphatic heterocycles. The van der Waals surface area contributed by atoms with Crippen molar-refractivity contribution in [3.8, 4) is 164 Å². The van der Waals surface area contributed by atoms with Crippen LogP contribution in [-0.4, -0.2) is 33.8 Å². The van der Waals surface area contributed by atoms with E-state index in [1.807, 2.05) is 24.3 Å². The molecule has 9 nitrogen and oxygen atoms in total. The molecule has 144 heavy (non-hydrogen) atoms. The number of hydrogen-bond donors (Lipinski definition) is 0. The molecule has 12 heteroatoms. The second-order valence-electron chi connectivity index (χ2n) is 37.8. The molecule has 0 spiro atoms. The molecule has 0 atom stereocenters. The van der Waals surface area contributed by atoms with Gasteiger partial charge >= 0.3 is 0 Å². The molecular weight excluding hydrogens is 1760 g/mol. The fourth-order valence-corrected chi connectivity index (χ4v) is 23.3. The van der Waals surface area contributed by atoms with Crippen LogP contribution in [0.15, 0.2) is 497 Å². The molecule has 9 heterocycles. The summed E-state index contributed by atoms with van der Waals surface area (Å²) < 4.78 is 47.5. The molecule has 3 aromatic heterocycles. The lowest BCUT2D eigenvalue weighted by molar-refractivity contribution is 0.465. The van der Waals surface area contributed by atoms with Crippen molar-refractivity contribution in [3.05, 3.63) is 497 Å². The normalized spacial score (nSPS) is 12.6. The molecule has 0 saturated carbocycles. The van der Waals surface area contributed by atoms with Gasteiger partial charge in [-0.05, 0) is 227 Å². The molecule has 0 radical (unpaired) electrons. The van der Waals surface area contributed by atoms with Gasteiger partial charge in [0.2, 0.25) is 0 Å². The SMILES string of the molecule is c1ccc(-c2cc3c4c(c2)Oc2c(cccc2-c2ccc(-n5c6ccccc6c6ccccc65)cc2)B4c2ccccc2O3)cc1.c1ccc(-c2ccc3c(c2)B2c4cccc(-c5ccc(-n6c7ccccc7c7ccccc76)cc5)c4Oc4cccc(c42)O3)cc1.c1ccc(-c2ccc3c(c2)Oc2ccc(-c4ccc(-n5c6ccccc6c6ccccc65)cc4)c4c2B3c2ccc(-c3ccccc3)cc2O4)cc1. The first-order chi connectivity index (χ1) is 71.4. The minimum absolute atomic E-state index is 0.000751. The van der Waals surface area contributed by atoms with Crippen molar-refractivity contribution in [2.75, 3.05) is 0 Å². The second kappa shape index (κ2) is 33.5. The Balaban J connectivity index is 0.000000103. The molecule has 0 amide bonds. The van der Waals surface area contributed by atoms with Crippen LogP contribution in [0.1, 0.15) is 0 Å². The van der Waals surface area contributed by atoms with Crippen molar-refractivity contribution in [2.45, 2.75) is 0 Å². The van der Waals surface area contributed by atoms with Crippen molar-refractivity contribution in [1.29, 1.82) is 0 Å². The summed E-state index contributed by atoms with van der Waals surface area (Å²) in [4.78, 5) is 0. The van der Waals surface area contributed by atoms with Crippen LogP contribution in [-0.2, 0) is 0 Å². The van der Waals surface area contributed by atoms with E-state index < -0.39 is 0 Å². The third-order valence-electron chi connectivity index (χ3n) is 29.8. The maximum absolute atomic E-state index is 7.01. The average molecular weight is 1840 g/mol.